The Kier molecular flexibility index (Phi) is 4.23. The lowest BCUT2D eigenvalue weighted by Gasteiger charge is -2.11. The topological polar surface area (TPSA) is 92.5 Å². The normalized spacial score (nSPS) is 10.2. The van der Waals surface area contributed by atoms with Crippen molar-refractivity contribution in [2.24, 2.45) is 0 Å². The number of aromatic carboxylic acids is 1. The summed E-state index contributed by atoms with van der Waals surface area (Å²) >= 11 is 3.31. The van der Waals surface area contributed by atoms with Gasteiger partial charge in [0.2, 0.25) is 0 Å². The van der Waals surface area contributed by atoms with Crippen molar-refractivity contribution in [3.8, 4) is 0 Å². The van der Waals surface area contributed by atoms with Gasteiger partial charge in [0.1, 0.15) is 0 Å². The number of carboxylic acids is 1. The first-order chi connectivity index (χ1) is 9.88. The number of rotatable bonds is 4. The van der Waals surface area contributed by atoms with Gasteiger partial charge in [-0.3, -0.25) is 10.1 Å². The maximum absolute atomic E-state index is 11.1. The summed E-state index contributed by atoms with van der Waals surface area (Å²) in [5.74, 6) is -1.21. The van der Waals surface area contributed by atoms with Gasteiger partial charge in [-0.1, -0.05) is 15.9 Å². The number of carbonyl (C=O) groups is 1. The first kappa shape index (κ1) is 15.0. The molecular formula is C14H11BrN2O4. The van der Waals surface area contributed by atoms with Gasteiger partial charge in [0.25, 0.3) is 5.69 Å². The van der Waals surface area contributed by atoms with Crippen molar-refractivity contribution in [3.63, 3.8) is 0 Å². The van der Waals surface area contributed by atoms with Crippen molar-refractivity contribution < 1.29 is 14.8 Å². The Balaban J connectivity index is 2.48. The molecule has 0 heterocycles. The maximum Gasteiger partial charge on any atom is 0.336 e. The van der Waals surface area contributed by atoms with E-state index in [9.17, 15) is 14.9 Å². The van der Waals surface area contributed by atoms with Crippen LogP contribution >= 0.6 is 15.9 Å². The summed E-state index contributed by atoms with van der Waals surface area (Å²) in [5, 5.41) is 23.1. The van der Waals surface area contributed by atoms with Crippen LogP contribution in [-0.2, 0) is 0 Å². The minimum atomic E-state index is -1.21. The Morgan fingerprint density at radius 2 is 1.90 bits per heavy atom. The van der Waals surface area contributed by atoms with Crippen molar-refractivity contribution in [2.45, 2.75) is 6.92 Å². The van der Waals surface area contributed by atoms with E-state index in [0.717, 1.165) is 10.5 Å². The molecule has 2 aromatic rings. The van der Waals surface area contributed by atoms with Gasteiger partial charge in [-0.2, -0.15) is 0 Å². The molecule has 0 aliphatic heterocycles. The highest BCUT2D eigenvalue weighted by molar-refractivity contribution is 9.10. The number of halogens is 1. The highest BCUT2D eigenvalue weighted by Gasteiger charge is 2.19. The quantitative estimate of drug-likeness (QED) is 0.639. The van der Waals surface area contributed by atoms with Gasteiger partial charge in [0.05, 0.1) is 16.1 Å². The van der Waals surface area contributed by atoms with Crippen LogP contribution in [0.3, 0.4) is 0 Å². The fourth-order valence-electron chi connectivity index (χ4n) is 1.83. The van der Waals surface area contributed by atoms with E-state index in [0.29, 0.717) is 16.9 Å². The summed E-state index contributed by atoms with van der Waals surface area (Å²) in [6, 6.07) is 9.63. The highest BCUT2D eigenvalue weighted by atomic mass is 79.9. The molecule has 0 aliphatic carbocycles. The van der Waals surface area contributed by atoms with Crippen LogP contribution in [0.25, 0.3) is 0 Å². The number of hydrogen-bond acceptors (Lipinski definition) is 4. The molecule has 108 valence electrons. The molecule has 0 bridgehead atoms. The number of hydrogen-bond donors (Lipinski definition) is 2. The van der Waals surface area contributed by atoms with E-state index in [-0.39, 0.29) is 11.3 Å². The van der Waals surface area contributed by atoms with Crippen LogP contribution in [0.4, 0.5) is 17.1 Å². The number of anilines is 2. The van der Waals surface area contributed by atoms with Crippen molar-refractivity contribution in [3.05, 3.63) is 62.1 Å². The number of benzene rings is 2. The zero-order valence-electron chi connectivity index (χ0n) is 11.0. The molecule has 6 nitrogen and oxygen atoms in total. The zero-order valence-corrected chi connectivity index (χ0v) is 12.5. The molecule has 0 saturated carbocycles. The van der Waals surface area contributed by atoms with E-state index in [1.165, 1.54) is 6.07 Å². The van der Waals surface area contributed by atoms with Crippen molar-refractivity contribution in [1.82, 2.24) is 0 Å². The highest BCUT2D eigenvalue weighted by Crippen LogP contribution is 2.30. The van der Waals surface area contributed by atoms with Gasteiger partial charge in [-0.05, 0) is 37.3 Å². The predicted octanol–water partition coefficient (Wildman–Crippen LogP) is 4.11. The van der Waals surface area contributed by atoms with Gasteiger partial charge >= 0.3 is 5.97 Å². The lowest BCUT2D eigenvalue weighted by Crippen LogP contribution is -2.03. The van der Waals surface area contributed by atoms with Gasteiger partial charge in [-0.15, -0.1) is 0 Å². The average Bonchev–Trinajstić information content (AvgIpc) is 2.42. The van der Waals surface area contributed by atoms with E-state index in [1.807, 2.05) is 12.1 Å². The Morgan fingerprint density at radius 3 is 2.43 bits per heavy atom. The maximum atomic E-state index is 11.1. The Bertz CT molecular complexity index is 714. The molecule has 0 atom stereocenters. The second kappa shape index (κ2) is 5.92. The largest absolute Gasteiger partial charge is 0.478 e. The lowest BCUT2D eigenvalue weighted by molar-refractivity contribution is -0.385. The van der Waals surface area contributed by atoms with E-state index in [1.54, 1.807) is 19.1 Å². The van der Waals surface area contributed by atoms with Crippen LogP contribution in [0.2, 0.25) is 0 Å². The van der Waals surface area contributed by atoms with Crippen molar-refractivity contribution in [2.75, 3.05) is 5.32 Å². The Labute approximate surface area is 128 Å². The van der Waals surface area contributed by atoms with E-state index in [4.69, 9.17) is 5.11 Å². The van der Waals surface area contributed by atoms with Gasteiger partial charge < -0.3 is 10.4 Å². The summed E-state index contributed by atoms with van der Waals surface area (Å²) in [4.78, 5) is 21.5. The molecule has 0 radical (unpaired) electrons. The minimum absolute atomic E-state index is 0.132. The molecule has 0 aromatic heterocycles. The van der Waals surface area contributed by atoms with Crippen molar-refractivity contribution >= 4 is 39.0 Å². The number of nitrogens with one attached hydrogen (secondary N) is 1. The van der Waals surface area contributed by atoms with Gasteiger partial charge in [-0.25, -0.2) is 4.79 Å². The van der Waals surface area contributed by atoms with Crippen LogP contribution in [0.1, 0.15) is 15.9 Å². The molecule has 21 heavy (non-hydrogen) atoms. The fraction of sp³-hybridized carbons (Fsp3) is 0.0714. The second-order valence-electron chi connectivity index (χ2n) is 4.36. The van der Waals surface area contributed by atoms with Gasteiger partial charge in [0.15, 0.2) is 0 Å². The number of nitro benzene ring substituents is 1. The molecule has 0 aliphatic rings. The van der Waals surface area contributed by atoms with Crippen molar-refractivity contribution in [1.29, 1.82) is 0 Å². The van der Waals surface area contributed by atoms with Crippen LogP contribution in [-0.4, -0.2) is 16.0 Å². The molecule has 7 heteroatoms. The summed E-state index contributed by atoms with van der Waals surface area (Å²) in [6.07, 6.45) is 0. The first-order valence-corrected chi connectivity index (χ1v) is 6.72. The monoisotopic (exact) mass is 350 g/mol. The molecule has 2 N–H and O–H groups in total. The summed E-state index contributed by atoms with van der Waals surface area (Å²) in [6.45, 7) is 1.57. The molecule has 0 saturated heterocycles. The second-order valence-corrected chi connectivity index (χ2v) is 5.28. The Morgan fingerprint density at radius 1 is 1.29 bits per heavy atom. The van der Waals surface area contributed by atoms with Crippen LogP contribution in [0.15, 0.2) is 40.9 Å². The molecule has 0 fully saturated rings. The SMILES string of the molecule is Cc1c(Nc2ccc(Br)cc2)cc(C(=O)O)cc1[N+](=O)[O-]. The molecule has 2 aromatic carbocycles. The fourth-order valence-corrected chi connectivity index (χ4v) is 2.09. The summed E-state index contributed by atoms with van der Waals surface area (Å²) in [7, 11) is 0. The standard InChI is InChI=1S/C14H11BrN2O4/c1-8-12(16-11-4-2-10(15)3-5-11)6-9(14(18)19)7-13(8)17(20)21/h2-7,16H,1H3,(H,18,19). The molecule has 2 rings (SSSR count). The van der Waals surface area contributed by atoms with Crippen LogP contribution in [0.5, 0.6) is 0 Å². The summed E-state index contributed by atoms with van der Waals surface area (Å²) in [5.41, 5.74) is 1.12. The molecule has 0 amide bonds. The predicted molar refractivity (Wildman–Crippen MR) is 82.2 cm³/mol. The average molecular weight is 351 g/mol. The number of carboxylic acid groups (broad SMARTS) is 1. The minimum Gasteiger partial charge on any atom is -0.478 e. The van der Waals surface area contributed by atoms with Crippen LogP contribution in [0, 0.1) is 17.0 Å². The van der Waals surface area contributed by atoms with Crippen LogP contribution < -0.4 is 5.32 Å². The number of nitrogens with zero attached hydrogens (tertiary/aromatic N) is 1. The van der Waals surface area contributed by atoms with Gasteiger partial charge in [0, 0.05) is 21.9 Å². The first-order valence-electron chi connectivity index (χ1n) is 5.93. The molecular weight excluding hydrogens is 340 g/mol. The number of nitro groups is 1. The summed E-state index contributed by atoms with van der Waals surface area (Å²) < 4.78 is 0.898. The molecule has 0 spiro atoms. The lowest BCUT2D eigenvalue weighted by atomic mass is 10.1. The smallest absolute Gasteiger partial charge is 0.336 e. The zero-order chi connectivity index (χ0) is 15.6. The van der Waals surface area contributed by atoms with E-state index >= 15 is 0 Å². The van der Waals surface area contributed by atoms with E-state index < -0.39 is 10.9 Å². The third kappa shape index (κ3) is 3.38. The van der Waals surface area contributed by atoms with E-state index in [2.05, 4.69) is 21.2 Å². The third-order valence-corrected chi connectivity index (χ3v) is 3.48. The molecule has 0 unspecified atom stereocenters. The Hall–Kier alpha value is -2.41. The third-order valence-electron chi connectivity index (χ3n) is 2.95.